The highest BCUT2D eigenvalue weighted by Gasteiger charge is 2.26. The molecule has 4 aromatic rings. The molecule has 11 heteroatoms. The van der Waals surface area contributed by atoms with Crippen molar-refractivity contribution in [2.24, 2.45) is 0 Å². The van der Waals surface area contributed by atoms with Crippen molar-refractivity contribution in [1.29, 1.82) is 0 Å². The van der Waals surface area contributed by atoms with E-state index >= 15 is 0 Å². The Hall–Kier alpha value is -4.80. The number of carbonyl (C=O) groups is 2. The Morgan fingerprint density at radius 1 is 0.925 bits per heavy atom. The maximum absolute atomic E-state index is 13.0. The first-order valence-electron chi connectivity index (χ1n) is 12.6. The van der Waals surface area contributed by atoms with Gasteiger partial charge < -0.3 is 29.1 Å². The predicted octanol–water partition coefficient (Wildman–Crippen LogP) is 4.08. The van der Waals surface area contributed by atoms with Gasteiger partial charge in [0.1, 0.15) is 40.8 Å². The van der Waals surface area contributed by atoms with Crippen molar-refractivity contribution in [2.75, 3.05) is 13.9 Å². The number of ether oxygens (including phenoxy) is 4. The molecule has 0 unspecified atom stereocenters. The van der Waals surface area contributed by atoms with E-state index in [0.717, 1.165) is 16.6 Å². The second kappa shape index (κ2) is 12.8. The molecule has 40 heavy (non-hydrogen) atoms. The molecule has 3 aromatic carbocycles. The van der Waals surface area contributed by atoms with Crippen LogP contribution in [0, 0.1) is 0 Å². The van der Waals surface area contributed by atoms with Crippen LogP contribution in [0.1, 0.15) is 31.9 Å². The Bertz CT molecular complexity index is 1410. The summed E-state index contributed by atoms with van der Waals surface area (Å²) in [5.41, 5.74) is 2.28. The molecule has 1 heterocycles. The zero-order valence-corrected chi connectivity index (χ0v) is 22.8. The van der Waals surface area contributed by atoms with Crippen molar-refractivity contribution >= 4 is 23.1 Å². The van der Waals surface area contributed by atoms with Crippen LogP contribution < -0.4 is 19.6 Å². The molecule has 0 bridgehead atoms. The number of esters is 1. The summed E-state index contributed by atoms with van der Waals surface area (Å²) in [4.78, 5) is 32.3. The average molecular weight is 549 g/mol. The summed E-state index contributed by atoms with van der Waals surface area (Å²) >= 11 is 0. The molecule has 11 nitrogen and oxygen atoms in total. The standard InChI is InChI=1S/C29H32N4O7/c1-29(2,3)40-28(35)30-25(27(34)37-18-21-11-13-22(36-4)14-12-21)17-20-9-15-23(16-10-20)38-19-39-33-26-8-6-5-7-24(26)31-32-33/h5-16,25H,17-19H2,1-4H3,(H,30,35)/t25-/m1/s1. The Morgan fingerprint density at radius 2 is 1.60 bits per heavy atom. The number of amides is 1. The first kappa shape index (κ1) is 28.2. The Balaban J connectivity index is 1.35. The molecule has 0 aliphatic carbocycles. The first-order chi connectivity index (χ1) is 19.2. The van der Waals surface area contributed by atoms with E-state index in [2.05, 4.69) is 15.6 Å². The largest absolute Gasteiger partial charge is 0.497 e. The van der Waals surface area contributed by atoms with E-state index in [-0.39, 0.29) is 19.8 Å². The fourth-order valence-electron chi connectivity index (χ4n) is 3.66. The van der Waals surface area contributed by atoms with Gasteiger partial charge in [-0.1, -0.05) is 41.2 Å². The Labute approximate surface area is 231 Å². The topological polar surface area (TPSA) is 123 Å². The third kappa shape index (κ3) is 8.10. The van der Waals surface area contributed by atoms with Gasteiger partial charge in [-0.25, -0.2) is 9.59 Å². The molecule has 0 fully saturated rings. The SMILES string of the molecule is COc1ccc(COC(=O)[C@@H](Cc2ccc(OCOn3nnc4ccccc43)cc2)NC(=O)OC(C)(C)C)cc1. The minimum absolute atomic E-state index is 0.0448. The highest BCUT2D eigenvalue weighted by atomic mass is 16.8. The van der Waals surface area contributed by atoms with E-state index in [1.165, 1.54) is 4.85 Å². The number of benzene rings is 3. The van der Waals surface area contributed by atoms with Crippen molar-refractivity contribution in [3.63, 3.8) is 0 Å². The number of alkyl carbamates (subject to hydrolysis) is 1. The molecule has 0 spiro atoms. The number of fused-ring (bicyclic) bond motifs is 1. The van der Waals surface area contributed by atoms with Crippen molar-refractivity contribution in [3.8, 4) is 11.5 Å². The molecule has 4 rings (SSSR count). The lowest BCUT2D eigenvalue weighted by atomic mass is 10.1. The number of nitrogens with one attached hydrogen (secondary N) is 1. The third-order valence-electron chi connectivity index (χ3n) is 5.60. The molecule has 0 aliphatic rings. The van der Waals surface area contributed by atoms with Gasteiger partial charge in [0, 0.05) is 6.42 Å². The van der Waals surface area contributed by atoms with Crippen LogP contribution in [0.4, 0.5) is 4.79 Å². The van der Waals surface area contributed by atoms with Gasteiger partial charge in [0.25, 0.3) is 6.79 Å². The van der Waals surface area contributed by atoms with Gasteiger partial charge in [0.2, 0.25) is 0 Å². The van der Waals surface area contributed by atoms with Gasteiger partial charge in [-0.3, -0.25) is 0 Å². The number of carbonyl (C=O) groups excluding carboxylic acids is 2. The van der Waals surface area contributed by atoms with Gasteiger partial charge in [0.05, 0.1) is 7.11 Å². The summed E-state index contributed by atoms with van der Waals surface area (Å²) < 4.78 is 21.7. The van der Waals surface area contributed by atoms with E-state index in [9.17, 15) is 9.59 Å². The number of para-hydroxylation sites is 1. The van der Waals surface area contributed by atoms with Gasteiger partial charge in [0.15, 0.2) is 0 Å². The van der Waals surface area contributed by atoms with E-state index in [1.54, 1.807) is 76.4 Å². The molecule has 1 N–H and O–H groups in total. The van der Waals surface area contributed by atoms with Crippen LogP contribution in [-0.4, -0.2) is 52.8 Å². The highest BCUT2D eigenvalue weighted by Crippen LogP contribution is 2.16. The zero-order valence-electron chi connectivity index (χ0n) is 22.8. The number of rotatable bonds is 11. The second-order valence-electron chi connectivity index (χ2n) is 9.85. The van der Waals surface area contributed by atoms with E-state index in [1.807, 2.05) is 24.3 Å². The normalized spacial score (nSPS) is 11.9. The third-order valence-corrected chi connectivity index (χ3v) is 5.60. The van der Waals surface area contributed by atoms with Crippen molar-refractivity contribution < 1.29 is 33.4 Å². The highest BCUT2D eigenvalue weighted by molar-refractivity contribution is 5.81. The smallest absolute Gasteiger partial charge is 0.408 e. The summed E-state index contributed by atoms with van der Waals surface area (Å²) in [6.07, 6.45) is -0.528. The van der Waals surface area contributed by atoms with Gasteiger partial charge >= 0.3 is 12.1 Å². The monoisotopic (exact) mass is 548 g/mol. The zero-order chi connectivity index (χ0) is 28.5. The maximum atomic E-state index is 13.0. The van der Waals surface area contributed by atoms with Crippen LogP contribution in [0.25, 0.3) is 11.0 Å². The molecular formula is C29H32N4O7. The van der Waals surface area contributed by atoms with E-state index in [0.29, 0.717) is 17.0 Å². The van der Waals surface area contributed by atoms with Crippen molar-refractivity contribution in [3.05, 3.63) is 83.9 Å². The van der Waals surface area contributed by atoms with Crippen LogP contribution in [-0.2, 0) is 27.3 Å². The minimum Gasteiger partial charge on any atom is -0.497 e. The minimum atomic E-state index is -0.969. The quantitative estimate of drug-likeness (QED) is 0.218. The fourth-order valence-corrected chi connectivity index (χ4v) is 3.66. The lowest BCUT2D eigenvalue weighted by Gasteiger charge is -2.23. The molecule has 1 aromatic heterocycles. The van der Waals surface area contributed by atoms with Crippen LogP contribution in [0.2, 0.25) is 0 Å². The summed E-state index contributed by atoms with van der Waals surface area (Å²) in [6, 6.07) is 20.7. The van der Waals surface area contributed by atoms with Crippen molar-refractivity contribution in [1.82, 2.24) is 20.5 Å². The van der Waals surface area contributed by atoms with Gasteiger partial charge in [-0.15, -0.1) is 5.10 Å². The van der Waals surface area contributed by atoms with E-state index in [4.69, 9.17) is 23.8 Å². The molecule has 1 amide bonds. The number of hydrogen-bond acceptors (Lipinski definition) is 9. The number of nitrogens with zero attached hydrogens (tertiary/aromatic N) is 3. The maximum Gasteiger partial charge on any atom is 0.408 e. The lowest BCUT2D eigenvalue weighted by molar-refractivity contribution is -0.147. The molecular weight excluding hydrogens is 516 g/mol. The molecule has 1 atom stereocenters. The van der Waals surface area contributed by atoms with Crippen molar-refractivity contribution in [2.45, 2.75) is 45.4 Å². The fraction of sp³-hybridized carbons (Fsp3) is 0.310. The molecule has 0 aliphatic heterocycles. The average Bonchev–Trinajstić information content (AvgIpc) is 3.34. The molecule has 210 valence electrons. The Morgan fingerprint density at radius 3 is 2.30 bits per heavy atom. The lowest BCUT2D eigenvalue weighted by Crippen LogP contribution is -2.45. The summed E-state index contributed by atoms with van der Waals surface area (Å²) in [5, 5.41) is 10.6. The number of hydrogen-bond donors (Lipinski definition) is 1. The summed E-state index contributed by atoms with van der Waals surface area (Å²) in [5.74, 6) is 0.660. The second-order valence-corrected chi connectivity index (χ2v) is 9.85. The molecule has 0 saturated carbocycles. The summed E-state index contributed by atoms with van der Waals surface area (Å²) in [7, 11) is 1.58. The van der Waals surface area contributed by atoms with Crippen LogP contribution in [0.3, 0.4) is 0 Å². The molecule has 0 radical (unpaired) electrons. The van der Waals surface area contributed by atoms with Crippen LogP contribution in [0.5, 0.6) is 11.5 Å². The van der Waals surface area contributed by atoms with Crippen LogP contribution >= 0.6 is 0 Å². The number of methoxy groups -OCH3 is 1. The first-order valence-corrected chi connectivity index (χ1v) is 12.6. The molecule has 0 saturated heterocycles. The summed E-state index contributed by atoms with van der Waals surface area (Å²) in [6.45, 7) is 5.20. The van der Waals surface area contributed by atoms with Crippen LogP contribution in [0.15, 0.2) is 72.8 Å². The number of aromatic nitrogens is 3. The van der Waals surface area contributed by atoms with Gasteiger partial charge in [-0.05, 0) is 73.5 Å². The predicted molar refractivity (Wildman–Crippen MR) is 146 cm³/mol. The van der Waals surface area contributed by atoms with Gasteiger partial charge in [-0.2, -0.15) is 0 Å². The van der Waals surface area contributed by atoms with E-state index < -0.39 is 23.7 Å². The Kier molecular flexibility index (Phi) is 9.05.